The fraction of sp³-hybridized carbons (Fsp3) is 0.727. The summed E-state index contributed by atoms with van der Waals surface area (Å²) in [5.74, 6) is 0. The molecular formula is C11H18N4. The number of hydrogen-bond donors (Lipinski definition) is 1. The molecule has 2 rings (SSSR count). The smallest absolute Gasteiger partial charge is 0.104 e. The van der Waals surface area contributed by atoms with Gasteiger partial charge in [-0.2, -0.15) is 5.11 Å². The van der Waals surface area contributed by atoms with Crippen LogP contribution in [0.5, 0.6) is 0 Å². The summed E-state index contributed by atoms with van der Waals surface area (Å²) in [6.07, 6.45) is 4.67. The van der Waals surface area contributed by atoms with Gasteiger partial charge in [0.15, 0.2) is 0 Å². The molecule has 4 heteroatoms. The molecule has 2 unspecified atom stereocenters. The minimum Gasteiger partial charge on any atom is -0.305 e. The Labute approximate surface area is 90.5 Å². The van der Waals surface area contributed by atoms with Crippen molar-refractivity contribution >= 4 is 5.71 Å². The Kier molecular flexibility index (Phi) is 2.37. The van der Waals surface area contributed by atoms with Crippen molar-refractivity contribution in [2.45, 2.75) is 39.3 Å². The molecule has 1 aliphatic heterocycles. The third-order valence-corrected chi connectivity index (χ3v) is 2.61. The minimum atomic E-state index is 0.171. The third kappa shape index (κ3) is 2.25. The van der Waals surface area contributed by atoms with Gasteiger partial charge in [-0.1, -0.05) is 32.1 Å². The van der Waals surface area contributed by atoms with Crippen molar-refractivity contribution < 1.29 is 0 Å². The predicted molar refractivity (Wildman–Crippen MR) is 60.1 cm³/mol. The first-order valence-electron chi connectivity index (χ1n) is 5.39. The summed E-state index contributed by atoms with van der Waals surface area (Å²) >= 11 is 0. The van der Waals surface area contributed by atoms with E-state index in [1.165, 1.54) is 0 Å². The highest BCUT2D eigenvalue weighted by molar-refractivity contribution is 5.93. The van der Waals surface area contributed by atoms with Crippen LogP contribution in [0.3, 0.4) is 0 Å². The molecule has 0 radical (unpaired) electrons. The van der Waals surface area contributed by atoms with Gasteiger partial charge >= 0.3 is 0 Å². The Morgan fingerprint density at radius 1 is 1.53 bits per heavy atom. The van der Waals surface area contributed by atoms with Gasteiger partial charge in [0.2, 0.25) is 0 Å². The molecule has 0 aromatic rings. The summed E-state index contributed by atoms with van der Waals surface area (Å²) in [6, 6.07) is 0.447. The normalized spacial score (nSPS) is 29.8. The largest absolute Gasteiger partial charge is 0.305 e. The van der Waals surface area contributed by atoms with E-state index < -0.39 is 0 Å². The Bertz CT molecular complexity index is 324. The fourth-order valence-corrected chi connectivity index (χ4v) is 1.98. The van der Waals surface area contributed by atoms with Gasteiger partial charge in [-0.05, 0) is 11.5 Å². The number of nitrogens with one attached hydrogen (secondary N) is 1. The molecule has 82 valence electrons. The standard InChI is InChI=1S/C11H18N4/c1-11(2,3)7-15-10-5-4-8(12)6-9(10)13-14-15/h4-5,9-10,12H,6-7H2,1-3H3. The summed E-state index contributed by atoms with van der Waals surface area (Å²) < 4.78 is 0. The van der Waals surface area contributed by atoms with Crippen LogP contribution in [0.4, 0.5) is 0 Å². The van der Waals surface area contributed by atoms with Crippen molar-refractivity contribution in [2.24, 2.45) is 15.8 Å². The van der Waals surface area contributed by atoms with Crippen LogP contribution in [-0.2, 0) is 0 Å². The van der Waals surface area contributed by atoms with Crippen molar-refractivity contribution in [3.8, 4) is 0 Å². The van der Waals surface area contributed by atoms with E-state index in [1.54, 1.807) is 0 Å². The highest BCUT2D eigenvalue weighted by Crippen LogP contribution is 2.28. The molecule has 1 aliphatic carbocycles. The molecule has 0 bridgehead atoms. The summed E-state index contributed by atoms with van der Waals surface area (Å²) in [4.78, 5) is 0. The topological polar surface area (TPSA) is 51.8 Å². The number of allylic oxidation sites excluding steroid dienone is 1. The van der Waals surface area contributed by atoms with Crippen molar-refractivity contribution in [3.63, 3.8) is 0 Å². The number of rotatable bonds is 1. The van der Waals surface area contributed by atoms with Crippen LogP contribution in [-0.4, -0.2) is 29.3 Å². The molecule has 4 nitrogen and oxygen atoms in total. The molecule has 2 aliphatic rings. The molecule has 1 N–H and O–H groups in total. The van der Waals surface area contributed by atoms with Gasteiger partial charge in [-0.25, -0.2) is 0 Å². The zero-order chi connectivity index (χ0) is 11.1. The quantitative estimate of drug-likeness (QED) is 0.703. The molecule has 15 heavy (non-hydrogen) atoms. The molecule has 2 atom stereocenters. The lowest BCUT2D eigenvalue weighted by Crippen LogP contribution is -2.40. The second-order valence-corrected chi connectivity index (χ2v) is 5.51. The second-order valence-electron chi connectivity index (χ2n) is 5.51. The van der Waals surface area contributed by atoms with E-state index in [-0.39, 0.29) is 17.5 Å². The Morgan fingerprint density at radius 3 is 2.93 bits per heavy atom. The lowest BCUT2D eigenvalue weighted by Gasteiger charge is -2.30. The van der Waals surface area contributed by atoms with Gasteiger partial charge in [0, 0.05) is 18.7 Å². The molecule has 0 aromatic heterocycles. The summed E-state index contributed by atoms with van der Waals surface area (Å²) in [7, 11) is 0. The number of fused-ring (bicyclic) bond motifs is 1. The van der Waals surface area contributed by atoms with Crippen molar-refractivity contribution in [2.75, 3.05) is 6.54 Å². The maximum absolute atomic E-state index is 7.58. The van der Waals surface area contributed by atoms with Crippen LogP contribution < -0.4 is 0 Å². The monoisotopic (exact) mass is 206 g/mol. The van der Waals surface area contributed by atoms with Gasteiger partial charge in [0.1, 0.15) is 6.04 Å². The van der Waals surface area contributed by atoms with Crippen LogP contribution in [0.15, 0.2) is 22.5 Å². The Morgan fingerprint density at radius 2 is 2.27 bits per heavy atom. The van der Waals surface area contributed by atoms with E-state index in [0.717, 1.165) is 13.0 Å². The molecule has 0 saturated heterocycles. The van der Waals surface area contributed by atoms with E-state index in [9.17, 15) is 0 Å². The maximum Gasteiger partial charge on any atom is 0.104 e. The highest BCUT2D eigenvalue weighted by atomic mass is 15.6. The number of hydrogen-bond acceptors (Lipinski definition) is 4. The summed E-state index contributed by atoms with van der Waals surface area (Å²) in [5, 5.41) is 18.1. The van der Waals surface area contributed by atoms with Crippen molar-refractivity contribution in [1.29, 1.82) is 5.41 Å². The third-order valence-electron chi connectivity index (χ3n) is 2.61. The lowest BCUT2D eigenvalue weighted by atomic mass is 9.92. The van der Waals surface area contributed by atoms with Gasteiger partial charge in [-0.15, -0.1) is 0 Å². The van der Waals surface area contributed by atoms with Crippen LogP contribution in [0, 0.1) is 10.8 Å². The van der Waals surface area contributed by atoms with Gasteiger partial charge in [0.05, 0.1) is 6.04 Å². The van der Waals surface area contributed by atoms with Crippen LogP contribution >= 0.6 is 0 Å². The lowest BCUT2D eigenvalue weighted by molar-refractivity contribution is 0.177. The summed E-state index contributed by atoms with van der Waals surface area (Å²) in [5.41, 5.74) is 0.889. The molecule has 0 saturated carbocycles. The van der Waals surface area contributed by atoms with E-state index in [2.05, 4.69) is 37.2 Å². The molecule has 0 aromatic carbocycles. The van der Waals surface area contributed by atoms with Gasteiger partial charge < -0.3 is 5.41 Å². The first-order valence-corrected chi connectivity index (χ1v) is 5.39. The summed E-state index contributed by atoms with van der Waals surface area (Å²) in [6.45, 7) is 7.51. The van der Waals surface area contributed by atoms with Gasteiger partial charge in [0.25, 0.3) is 0 Å². The van der Waals surface area contributed by atoms with E-state index in [0.29, 0.717) is 5.71 Å². The molecule has 0 spiro atoms. The SMILES string of the molecule is CC(C)(C)CN1N=NC2CC(=N)C=CC21. The Balaban J connectivity index is 2.08. The average molecular weight is 206 g/mol. The molecular weight excluding hydrogens is 188 g/mol. The van der Waals surface area contributed by atoms with E-state index >= 15 is 0 Å². The van der Waals surface area contributed by atoms with Crippen LogP contribution in [0.25, 0.3) is 0 Å². The second kappa shape index (κ2) is 3.43. The minimum absolute atomic E-state index is 0.171. The van der Waals surface area contributed by atoms with Gasteiger partial charge in [-0.3, -0.25) is 5.01 Å². The highest BCUT2D eigenvalue weighted by Gasteiger charge is 2.35. The fourth-order valence-electron chi connectivity index (χ4n) is 1.98. The van der Waals surface area contributed by atoms with Crippen molar-refractivity contribution in [3.05, 3.63) is 12.2 Å². The zero-order valence-electron chi connectivity index (χ0n) is 9.57. The zero-order valence-corrected chi connectivity index (χ0v) is 9.57. The Hall–Kier alpha value is -1.19. The first kappa shape index (κ1) is 10.3. The van der Waals surface area contributed by atoms with Crippen LogP contribution in [0.1, 0.15) is 27.2 Å². The van der Waals surface area contributed by atoms with E-state index in [1.807, 2.05) is 11.1 Å². The van der Waals surface area contributed by atoms with Crippen LogP contribution in [0.2, 0.25) is 0 Å². The molecule has 1 heterocycles. The molecule has 0 fully saturated rings. The van der Waals surface area contributed by atoms with E-state index in [4.69, 9.17) is 5.41 Å². The average Bonchev–Trinajstić information content (AvgIpc) is 2.45. The number of nitrogens with zero attached hydrogens (tertiary/aromatic N) is 3. The van der Waals surface area contributed by atoms with Crippen molar-refractivity contribution in [1.82, 2.24) is 5.01 Å². The predicted octanol–water partition coefficient (Wildman–Crippen LogP) is 2.43. The first-order chi connectivity index (χ1) is 6.96. The molecule has 0 amide bonds. The maximum atomic E-state index is 7.58.